The van der Waals surface area contributed by atoms with Gasteiger partial charge < -0.3 is 19.9 Å². The van der Waals surface area contributed by atoms with Crippen molar-refractivity contribution >= 4 is 23.1 Å². The van der Waals surface area contributed by atoms with Gasteiger partial charge in [0.1, 0.15) is 12.4 Å². The minimum atomic E-state index is 0.407. The predicted octanol–water partition coefficient (Wildman–Crippen LogP) is 5.25. The molecule has 2 N–H and O–H groups in total. The van der Waals surface area contributed by atoms with Gasteiger partial charge in [-0.05, 0) is 53.9 Å². The van der Waals surface area contributed by atoms with Crippen molar-refractivity contribution in [3.8, 4) is 17.2 Å². The molecule has 0 spiro atoms. The molecule has 0 atom stereocenters. The Hall–Kier alpha value is -3.45. The van der Waals surface area contributed by atoms with E-state index in [4.69, 9.17) is 19.9 Å². The van der Waals surface area contributed by atoms with E-state index in [1.165, 1.54) is 17.3 Å². The minimum Gasteiger partial charge on any atom is -0.497 e. The molecule has 0 saturated heterocycles. The number of methoxy groups -OCH3 is 1. The number of nitrogens with zero attached hydrogens (tertiary/aromatic N) is 2. The lowest BCUT2D eigenvalue weighted by Crippen LogP contribution is -2.06. The quantitative estimate of drug-likeness (QED) is 0.260. The predicted molar refractivity (Wildman–Crippen MR) is 132 cm³/mol. The van der Waals surface area contributed by atoms with Crippen molar-refractivity contribution in [2.45, 2.75) is 19.3 Å². The molecule has 0 amide bonds. The van der Waals surface area contributed by atoms with E-state index in [1.54, 1.807) is 13.3 Å². The highest BCUT2D eigenvalue weighted by atomic mass is 32.2. The van der Waals surface area contributed by atoms with Crippen LogP contribution in [0.25, 0.3) is 0 Å². The molecule has 166 valence electrons. The van der Waals surface area contributed by atoms with Gasteiger partial charge in [0, 0.05) is 5.75 Å². The Morgan fingerprint density at radius 3 is 2.53 bits per heavy atom. The summed E-state index contributed by atoms with van der Waals surface area (Å²) in [7, 11) is 1.65. The number of hydrogen-bond donors (Lipinski definition) is 1. The first-order valence-corrected chi connectivity index (χ1v) is 11.2. The van der Waals surface area contributed by atoms with Gasteiger partial charge in [0.2, 0.25) is 0 Å². The van der Waals surface area contributed by atoms with Crippen LogP contribution in [-0.4, -0.2) is 25.1 Å². The molecule has 3 aromatic rings. The number of amidine groups is 1. The summed E-state index contributed by atoms with van der Waals surface area (Å²) in [5.74, 6) is 2.85. The summed E-state index contributed by atoms with van der Waals surface area (Å²) < 4.78 is 17.0. The normalized spacial score (nSPS) is 11.5. The number of hydrogen-bond acceptors (Lipinski definition) is 6. The van der Waals surface area contributed by atoms with Crippen LogP contribution in [0.4, 0.5) is 0 Å². The largest absolute Gasteiger partial charge is 0.497 e. The van der Waals surface area contributed by atoms with Gasteiger partial charge in [-0.15, -0.1) is 5.10 Å². The molecule has 0 fully saturated rings. The summed E-state index contributed by atoms with van der Waals surface area (Å²) >= 11 is 1.45. The molecule has 6 nitrogen and oxygen atoms in total. The zero-order valence-corrected chi connectivity index (χ0v) is 19.0. The molecule has 3 aromatic carbocycles. The second kappa shape index (κ2) is 12.4. The number of benzene rings is 3. The molecule has 32 heavy (non-hydrogen) atoms. The van der Waals surface area contributed by atoms with Crippen LogP contribution in [0.2, 0.25) is 0 Å². The molecule has 0 aliphatic rings. The van der Waals surface area contributed by atoms with Gasteiger partial charge in [0.05, 0.1) is 19.9 Å². The van der Waals surface area contributed by atoms with Crippen molar-refractivity contribution in [3.63, 3.8) is 0 Å². The third-order valence-corrected chi connectivity index (χ3v) is 5.24. The van der Waals surface area contributed by atoms with Crippen LogP contribution >= 0.6 is 11.8 Å². The molecule has 0 unspecified atom stereocenters. The Kier molecular flexibility index (Phi) is 9.01. The van der Waals surface area contributed by atoms with Crippen LogP contribution in [0.1, 0.15) is 23.6 Å². The monoisotopic (exact) mass is 449 g/mol. The topological polar surface area (TPSA) is 78.4 Å². The number of nitrogens with two attached hydrogens (primary N) is 1. The fourth-order valence-electron chi connectivity index (χ4n) is 2.83. The van der Waals surface area contributed by atoms with Gasteiger partial charge in [-0.1, -0.05) is 54.2 Å². The van der Waals surface area contributed by atoms with Gasteiger partial charge in [-0.25, -0.2) is 0 Å². The molecular formula is C25H27N3O3S. The highest BCUT2D eigenvalue weighted by Crippen LogP contribution is 2.29. The summed E-state index contributed by atoms with van der Waals surface area (Å²) in [6.07, 6.45) is 1.64. The molecule has 0 bridgehead atoms. The maximum Gasteiger partial charge on any atom is 0.180 e. The summed E-state index contributed by atoms with van der Waals surface area (Å²) in [6, 6.07) is 23.5. The highest BCUT2D eigenvalue weighted by molar-refractivity contribution is 8.13. The van der Waals surface area contributed by atoms with Crippen molar-refractivity contribution in [2.24, 2.45) is 15.9 Å². The van der Waals surface area contributed by atoms with Crippen molar-refractivity contribution < 1.29 is 14.2 Å². The first kappa shape index (κ1) is 23.2. The number of thioether (sulfide) groups is 1. The standard InChI is InChI=1S/C25H27N3O3S/c1-3-30-24-15-20(16-27-28-25(26)32-18-19-8-5-4-6-9-19)12-13-23(24)31-17-21-10-7-11-22(14-21)29-2/h4-16H,3,17-18H2,1-2H3,(H2,26,28). The fraction of sp³-hybridized carbons (Fsp3) is 0.200. The second-order valence-electron chi connectivity index (χ2n) is 6.74. The lowest BCUT2D eigenvalue weighted by Gasteiger charge is -2.13. The summed E-state index contributed by atoms with van der Waals surface area (Å²) in [4.78, 5) is 0. The minimum absolute atomic E-state index is 0.407. The van der Waals surface area contributed by atoms with E-state index in [9.17, 15) is 0 Å². The zero-order chi connectivity index (χ0) is 22.6. The van der Waals surface area contributed by atoms with Crippen molar-refractivity contribution in [2.75, 3.05) is 13.7 Å². The third kappa shape index (κ3) is 7.35. The van der Waals surface area contributed by atoms with E-state index in [2.05, 4.69) is 22.3 Å². The SMILES string of the molecule is CCOc1cc(C=NN=C(N)SCc2ccccc2)ccc1OCc1cccc(OC)c1. The Morgan fingerprint density at radius 2 is 1.75 bits per heavy atom. The molecule has 0 saturated carbocycles. The van der Waals surface area contributed by atoms with Crippen LogP contribution in [0.5, 0.6) is 17.2 Å². The first-order valence-electron chi connectivity index (χ1n) is 10.2. The van der Waals surface area contributed by atoms with Crippen LogP contribution in [0.3, 0.4) is 0 Å². The third-order valence-electron chi connectivity index (χ3n) is 4.39. The lowest BCUT2D eigenvalue weighted by atomic mass is 10.2. The van der Waals surface area contributed by atoms with Gasteiger partial charge >= 0.3 is 0 Å². The summed E-state index contributed by atoms with van der Waals surface area (Å²) in [5, 5.41) is 8.58. The molecule has 0 aliphatic heterocycles. The fourth-order valence-corrected chi connectivity index (χ4v) is 3.44. The lowest BCUT2D eigenvalue weighted by molar-refractivity contribution is 0.269. The Labute approximate surface area is 193 Å². The van der Waals surface area contributed by atoms with Gasteiger partial charge in [-0.2, -0.15) is 5.10 Å². The molecular weight excluding hydrogens is 422 g/mol. The molecule has 0 radical (unpaired) electrons. The Balaban J connectivity index is 1.61. The Bertz CT molecular complexity index is 1060. The van der Waals surface area contributed by atoms with Crippen LogP contribution in [-0.2, 0) is 12.4 Å². The molecule has 0 aromatic heterocycles. The van der Waals surface area contributed by atoms with Crippen molar-refractivity contribution in [3.05, 3.63) is 89.5 Å². The maximum absolute atomic E-state index is 5.97. The molecule has 3 rings (SSSR count). The van der Waals surface area contributed by atoms with E-state index in [-0.39, 0.29) is 0 Å². The summed E-state index contributed by atoms with van der Waals surface area (Å²) in [6.45, 7) is 2.86. The molecule has 7 heteroatoms. The van der Waals surface area contributed by atoms with E-state index in [0.717, 1.165) is 22.6 Å². The van der Waals surface area contributed by atoms with E-state index < -0.39 is 0 Å². The van der Waals surface area contributed by atoms with E-state index in [0.29, 0.717) is 29.9 Å². The van der Waals surface area contributed by atoms with Gasteiger partial charge in [0.25, 0.3) is 0 Å². The zero-order valence-electron chi connectivity index (χ0n) is 18.2. The van der Waals surface area contributed by atoms with Gasteiger partial charge in [0.15, 0.2) is 16.7 Å². The van der Waals surface area contributed by atoms with Gasteiger partial charge in [-0.3, -0.25) is 0 Å². The Morgan fingerprint density at radius 1 is 0.938 bits per heavy atom. The number of ether oxygens (including phenoxy) is 3. The highest BCUT2D eigenvalue weighted by Gasteiger charge is 2.07. The average Bonchev–Trinajstić information content (AvgIpc) is 2.83. The average molecular weight is 450 g/mol. The van der Waals surface area contributed by atoms with E-state index >= 15 is 0 Å². The van der Waals surface area contributed by atoms with Crippen molar-refractivity contribution in [1.29, 1.82) is 0 Å². The van der Waals surface area contributed by atoms with Crippen LogP contribution in [0.15, 0.2) is 83.0 Å². The van der Waals surface area contributed by atoms with Crippen LogP contribution < -0.4 is 19.9 Å². The number of rotatable bonds is 10. The van der Waals surface area contributed by atoms with Crippen LogP contribution in [0, 0.1) is 0 Å². The molecule has 0 heterocycles. The summed E-state index contributed by atoms with van der Waals surface area (Å²) in [5.41, 5.74) is 8.98. The van der Waals surface area contributed by atoms with Crippen molar-refractivity contribution in [1.82, 2.24) is 0 Å². The molecule has 0 aliphatic carbocycles. The van der Waals surface area contributed by atoms with E-state index in [1.807, 2.05) is 67.6 Å². The smallest absolute Gasteiger partial charge is 0.180 e. The maximum atomic E-state index is 5.97. The first-order chi connectivity index (χ1) is 15.7. The second-order valence-corrected chi connectivity index (χ2v) is 7.73.